The summed E-state index contributed by atoms with van der Waals surface area (Å²) in [6.07, 6.45) is 0. The van der Waals surface area contributed by atoms with Crippen LogP contribution in [-0.4, -0.2) is 6.54 Å². The number of rotatable bonds is 3. The molecule has 0 unspecified atom stereocenters. The quantitative estimate of drug-likeness (QED) is 0.876. The van der Waals surface area contributed by atoms with Gasteiger partial charge in [-0.2, -0.15) is 0 Å². The van der Waals surface area contributed by atoms with Crippen molar-refractivity contribution in [2.75, 3.05) is 11.9 Å². The Morgan fingerprint density at radius 1 is 1.64 bits per heavy atom. The van der Waals surface area contributed by atoms with E-state index in [0.29, 0.717) is 6.54 Å². The van der Waals surface area contributed by atoms with Crippen LogP contribution in [0, 0.1) is 5.82 Å². The summed E-state index contributed by atoms with van der Waals surface area (Å²) in [6, 6.07) is 4.50. The molecular weight excluding hydrogens is 268 g/mol. The van der Waals surface area contributed by atoms with Crippen molar-refractivity contribution < 1.29 is 4.39 Å². The van der Waals surface area contributed by atoms with Gasteiger partial charge >= 0.3 is 0 Å². The topological polar surface area (TPSA) is 12.0 Å². The highest BCUT2D eigenvalue weighted by Crippen LogP contribution is 2.23. The van der Waals surface area contributed by atoms with Crippen molar-refractivity contribution in [3.05, 3.63) is 39.6 Å². The summed E-state index contributed by atoms with van der Waals surface area (Å²) in [5.41, 5.74) is 3.21. The first-order valence-electron chi connectivity index (χ1n) is 4.08. The normalized spacial score (nSPS) is 11.6. The minimum Gasteiger partial charge on any atom is -0.380 e. The summed E-state index contributed by atoms with van der Waals surface area (Å²) in [6.45, 7) is 2.50. The van der Waals surface area contributed by atoms with E-state index in [9.17, 15) is 4.39 Å². The van der Waals surface area contributed by atoms with Gasteiger partial charge in [-0.05, 0) is 46.6 Å². The van der Waals surface area contributed by atoms with E-state index >= 15 is 0 Å². The van der Waals surface area contributed by atoms with Crippen LogP contribution < -0.4 is 5.32 Å². The summed E-state index contributed by atoms with van der Waals surface area (Å²) < 4.78 is 13.7. The van der Waals surface area contributed by atoms with E-state index in [1.54, 1.807) is 6.07 Å². The molecule has 0 amide bonds. The molecule has 0 bridgehead atoms. The molecule has 0 radical (unpaired) electrons. The molecule has 0 fully saturated rings. The molecule has 76 valence electrons. The van der Waals surface area contributed by atoms with Crippen LogP contribution >= 0.6 is 27.5 Å². The van der Waals surface area contributed by atoms with Crippen molar-refractivity contribution in [3.63, 3.8) is 0 Å². The van der Waals surface area contributed by atoms with Crippen LogP contribution in [0.3, 0.4) is 0 Å². The highest BCUT2D eigenvalue weighted by atomic mass is 79.9. The third-order valence-electron chi connectivity index (χ3n) is 1.67. The van der Waals surface area contributed by atoms with E-state index in [2.05, 4.69) is 21.2 Å². The molecule has 1 aromatic rings. The fourth-order valence-electron chi connectivity index (χ4n) is 0.906. The zero-order valence-electron chi connectivity index (χ0n) is 7.65. The molecular formula is C10H10BrClFN. The monoisotopic (exact) mass is 277 g/mol. The Kier molecular flexibility index (Phi) is 4.42. The maximum absolute atomic E-state index is 12.9. The first-order chi connectivity index (χ1) is 6.63. The Labute approximate surface area is 96.1 Å². The number of halogens is 3. The van der Waals surface area contributed by atoms with Gasteiger partial charge in [-0.25, -0.2) is 4.39 Å². The molecule has 1 nitrogen and oxygen atoms in total. The number of benzene rings is 1. The van der Waals surface area contributed by atoms with Gasteiger partial charge in [-0.3, -0.25) is 0 Å². The first-order valence-corrected chi connectivity index (χ1v) is 5.31. The molecule has 0 aromatic heterocycles. The molecule has 1 N–H and O–H groups in total. The largest absolute Gasteiger partial charge is 0.380 e. The fraction of sp³-hybridized carbons (Fsp3) is 0.200. The summed E-state index contributed by atoms with van der Waals surface area (Å²) in [4.78, 5) is 0. The lowest BCUT2D eigenvalue weighted by atomic mass is 10.3. The van der Waals surface area contributed by atoms with Crippen LogP contribution in [0.5, 0.6) is 0 Å². The van der Waals surface area contributed by atoms with Crippen LogP contribution in [0.25, 0.3) is 0 Å². The molecule has 4 heteroatoms. The maximum atomic E-state index is 12.9. The number of nitrogens with one attached hydrogen (secondary N) is 1. The molecule has 0 aliphatic rings. The average molecular weight is 279 g/mol. The predicted octanol–water partition coefficient (Wildman–Crippen LogP) is 4.14. The fourth-order valence-corrected chi connectivity index (χ4v) is 1.37. The van der Waals surface area contributed by atoms with Crippen molar-refractivity contribution in [2.45, 2.75) is 6.92 Å². The minimum absolute atomic E-state index is 0.261. The zero-order chi connectivity index (χ0) is 10.6. The molecule has 0 atom stereocenters. The van der Waals surface area contributed by atoms with Crippen LogP contribution in [0.4, 0.5) is 10.1 Å². The smallest absolute Gasteiger partial charge is 0.125 e. The number of hydrogen-bond donors (Lipinski definition) is 1. The van der Waals surface area contributed by atoms with E-state index < -0.39 is 0 Å². The van der Waals surface area contributed by atoms with E-state index in [-0.39, 0.29) is 5.82 Å². The third-order valence-corrected chi connectivity index (χ3v) is 2.74. The van der Waals surface area contributed by atoms with Crippen molar-refractivity contribution in [3.8, 4) is 0 Å². The second kappa shape index (κ2) is 5.37. The molecule has 1 rings (SSSR count). The molecule has 1 aromatic carbocycles. The molecule has 0 heterocycles. The van der Waals surface area contributed by atoms with Crippen LogP contribution in [0.15, 0.2) is 33.8 Å². The summed E-state index contributed by atoms with van der Waals surface area (Å²) >= 11 is 8.82. The summed E-state index contributed by atoms with van der Waals surface area (Å²) in [5, 5.41) is 3.06. The molecule has 0 aliphatic carbocycles. The average Bonchev–Trinajstić information content (AvgIpc) is 2.19. The minimum atomic E-state index is -0.261. The van der Waals surface area contributed by atoms with Gasteiger partial charge in [0.2, 0.25) is 0 Å². The molecule has 0 spiro atoms. The van der Waals surface area contributed by atoms with Crippen molar-refractivity contribution in [1.29, 1.82) is 0 Å². The lowest BCUT2D eigenvalue weighted by Gasteiger charge is -2.08. The Morgan fingerprint density at radius 3 is 3.00 bits per heavy atom. The van der Waals surface area contributed by atoms with Gasteiger partial charge in [0, 0.05) is 16.6 Å². The number of anilines is 1. The zero-order valence-corrected chi connectivity index (χ0v) is 9.99. The summed E-state index contributed by atoms with van der Waals surface area (Å²) in [7, 11) is 0. The Morgan fingerprint density at radius 2 is 2.36 bits per heavy atom. The van der Waals surface area contributed by atoms with Gasteiger partial charge in [0.15, 0.2) is 0 Å². The van der Waals surface area contributed by atoms with Gasteiger partial charge in [-0.1, -0.05) is 11.6 Å². The van der Waals surface area contributed by atoms with E-state index in [4.69, 9.17) is 11.6 Å². The van der Waals surface area contributed by atoms with Crippen LogP contribution in [0.2, 0.25) is 0 Å². The van der Waals surface area contributed by atoms with Gasteiger partial charge in [0.05, 0.1) is 5.69 Å². The molecule has 0 saturated heterocycles. The van der Waals surface area contributed by atoms with E-state index in [1.807, 2.05) is 6.92 Å². The van der Waals surface area contributed by atoms with E-state index in [0.717, 1.165) is 15.7 Å². The highest BCUT2D eigenvalue weighted by molar-refractivity contribution is 9.10. The molecule has 0 saturated carbocycles. The molecule has 0 aliphatic heterocycles. The van der Waals surface area contributed by atoms with E-state index in [1.165, 1.54) is 17.7 Å². The van der Waals surface area contributed by atoms with Gasteiger partial charge in [0.25, 0.3) is 0 Å². The third kappa shape index (κ3) is 3.31. The van der Waals surface area contributed by atoms with Crippen molar-refractivity contribution >= 4 is 33.2 Å². The number of hydrogen-bond acceptors (Lipinski definition) is 1. The Bertz CT molecular complexity index is 352. The Hall–Kier alpha value is -0.540. The summed E-state index contributed by atoms with van der Waals surface area (Å²) in [5.74, 6) is -0.261. The molecule has 14 heavy (non-hydrogen) atoms. The van der Waals surface area contributed by atoms with Gasteiger partial charge in [-0.15, -0.1) is 0 Å². The van der Waals surface area contributed by atoms with Gasteiger partial charge < -0.3 is 5.32 Å². The first kappa shape index (κ1) is 11.5. The Balaban J connectivity index is 2.71. The predicted molar refractivity (Wildman–Crippen MR) is 62.2 cm³/mol. The SMILES string of the molecule is C/C(=C/Cl)CNc1cc(F)ccc1Br. The highest BCUT2D eigenvalue weighted by Gasteiger charge is 2.00. The second-order valence-corrected chi connectivity index (χ2v) is 4.01. The van der Waals surface area contributed by atoms with Crippen molar-refractivity contribution in [2.24, 2.45) is 0 Å². The second-order valence-electron chi connectivity index (χ2n) is 2.93. The maximum Gasteiger partial charge on any atom is 0.125 e. The lowest BCUT2D eigenvalue weighted by molar-refractivity contribution is 0.628. The van der Waals surface area contributed by atoms with Crippen LogP contribution in [-0.2, 0) is 0 Å². The van der Waals surface area contributed by atoms with Crippen LogP contribution in [0.1, 0.15) is 6.92 Å². The lowest BCUT2D eigenvalue weighted by Crippen LogP contribution is -2.03. The van der Waals surface area contributed by atoms with Gasteiger partial charge in [0.1, 0.15) is 5.82 Å². The standard InChI is InChI=1S/C10H10BrClFN/c1-7(5-12)6-14-10-4-8(13)2-3-9(10)11/h2-5,14H,6H2,1H3/b7-5-. The van der Waals surface area contributed by atoms with Crippen molar-refractivity contribution in [1.82, 2.24) is 0 Å².